The number of nitrogens with zero attached hydrogens (tertiary/aromatic N) is 1. The van der Waals surface area contributed by atoms with Gasteiger partial charge in [0.2, 0.25) is 11.8 Å². The highest BCUT2D eigenvalue weighted by Crippen LogP contribution is 2.36. The SMILES string of the molecule is Cc1cccc(C(C(=O)NC(Cc2ccccc2)C(=O)OC(C)(C)C)N(C(=O)C(CS)NC(=O)OC(C)(C)C)C(C)(C)C)c1O. The van der Waals surface area contributed by atoms with Gasteiger partial charge in [0, 0.05) is 23.3 Å². The molecule has 0 saturated carbocycles. The van der Waals surface area contributed by atoms with E-state index in [1.807, 2.05) is 30.3 Å². The number of ether oxygens (including phenoxy) is 2. The van der Waals surface area contributed by atoms with Crippen LogP contribution in [-0.2, 0) is 30.3 Å². The first-order chi connectivity index (χ1) is 20.6. The summed E-state index contributed by atoms with van der Waals surface area (Å²) in [5.41, 5.74) is -1.25. The molecule has 2 rings (SSSR count). The van der Waals surface area contributed by atoms with Crippen LogP contribution >= 0.6 is 12.6 Å². The number of benzene rings is 2. The van der Waals surface area contributed by atoms with Gasteiger partial charge >= 0.3 is 12.1 Å². The fourth-order valence-corrected chi connectivity index (χ4v) is 4.86. The van der Waals surface area contributed by atoms with Crippen LogP contribution in [-0.4, -0.2) is 68.5 Å². The van der Waals surface area contributed by atoms with Gasteiger partial charge in [-0.2, -0.15) is 12.6 Å². The zero-order valence-corrected chi connectivity index (χ0v) is 29.0. The fraction of sp³-hybridized carbons (Fsp3) is 0.529. The number of rotatable bonds is 10. The highest BCUT2D eigenvalue weighted by Gasteiger charge is 2.44. The van der Waals surface area contributed by atoms with Gasteiger partial charge in [-0.15, -0.1) is 0 Å². The van der Waals surface area contributed by atoms with E-state index in [9.17, 15) is 24.3 Å². The Morgan fingerprint density at radius 2 is 1.40 bits per heavy atom. The molecule has 0 aliphatic carbocycles. The number of aromatic hydroxyl groups is 1. The maximum atomic E-state index is 14.4. The van der Waals surface area contributed by atoms with Gasteiger partial charge in [0.1, 0.15) is 35.1 Å². The fourth-order valence-electron chi connectivity index (χ4n) is 4.61. The number of esters is 1. The van der Waals surface area contributed by atoms with E-state index in [1.54, 1.807) is 87.4 Å². The third-order valence-corrected chi connectivity index (χ3v) is 6.86. The Morgan fingerprint density at radius 3 is 1.91 bits per heavy atom. The van der Waals surface area contributed by atoms with E-state index < -0.39 is 58.7 Å². The molecule has 45 heavy (non-hydrogen) atoms. The molecule has 0 fully saturated rings. The smallest absolute Gasteiger partial charge is 0.408 e. The van der Waals surface area contributed by atoms with Gasteiger partial charge in [-0.25, -0.2) is 9.59 Å². The monoisotopic (exact) mass is 643 g/mol. The van der Waals surface area contributed by atoms with E-state index in [2.05, 4.69) is 23.3 Å². The van der Waals surface area contributed by atoms with Crippen LogP contribution in [0, 0.1) is 6.92 Å². The molecule has 0 heterocycles. The molecule has 2 aromatic carbocycles. The number of alkyl carbamates (subject to hydrolysis) is 1. The van der Waals surface area contributed by atoms with E-state index in [1.165, 1.54) is 4.90 Å². The number of hydrogen-bond donors (Lipinski definition) is 4. The van der Waals surface area contributed by atoms with Crippen molar-refractivity contribution in [2.75, 3.05) is 5.75 Å². The number of carbonyl (C=O) groups excluding carboxylic acids is 4. The molecule has 3 N–H and O–H groups in total. The lowest BCUT2D eigenvalue weighted by Crippen LogP contribution is -2.60. The molecule has 3 atom stereocenters. The highest BCUT2D eigenvalue weighted by atomic mass is 32.1. The Bertz CT molecular complexity index is 1340. The van der Waals surface area contributed by atoms with Gasteiger partial charge in [-0.05, 0) is 80.4 Å². The van der Waals surface area contributed by atoms with E-state index in [-0.39, 0.29) is 23.5 Å². The lowest BCUT2D eigenvalue weighted by atomic mass is 9.93. The third-order valence-electron chi connectivity index (χ3n) is 6.49. The molecule has 3 unspecified atom stereocenters. The van der Waals surface area contributed by atoms with Gasteiger partial charge in [-0.1, -0.05) is 48.5 Å². The van der Waals surface area contributed by atoms with Gasteiger partial charge in [0.25, 0.3) is 0 Å². The van der Waals surface area contributed by atoms with Gasteiger partial charge < -0.3 is 30.1 Å². The molecule has 11 heteroatoms. The molecule has 248 valence electrons. The van der Waals surface area contributed by atoms with Crippen molar-refractivity contribution in [3.05, 3.63) is 65.2 Å². The Balaban J connectivity index is 2.66. The average molecular weight is 644 g/mol. The second-order valence-corrected chi connectivity index (χ2v) is 14.3. The van der Waals surface area contributed by atoms with E-state index in [4.69, 9.17) is 9.47 Å². The summed E-state index contributed by atoms with van der Waals surface area (Å²) < 4.78 is 11.0. The van der Waals surface area contributed by atoms with Crippen LogP contribution in [0.5, 0.6) is 5.75 Å². The number of para-hydroxylation sites is 1. The number of aryl methyl sites for hydroxylation is 1. The molecule has 0 bridgehead atoms. The average Bonchev–Trinajstić information content (AvgIpc) is 2.89. The molecular formula is C34H49N3O7S. The summed E-state index contributed by atoms with van der Waals surface area (Å²) in [6.07, 6.45) is -0.701. The number of amides is 3. The van der Waals surface area contributed by atoms with Crippen LogP contribution in [0.15, 0.2) is 48.5 Å². The Labute approximate surface area is 272 Å². The van der Waals surface area contributed by atoms with Crippen molar-refractivity contribution in [1.82, 2.24) is 15.5 Å². The summed E-state index contributed by atoms with van der Waals surface area (Å²) >= 11 is 4.32. The predicted octanol–water partition coefficient (Wildman–Crippen LogP) is 5.26. The lowest BCUT2D eigenvalue weighted by Gasteiger charge is -2.43. The third kappa shape index (κ3) is 11.3. The number of phenolic OH excluding ortho intramolecular Hbond substituents is 1. The molecule has 0 radical (unpaired) electrons. The molecular weight excluding hydrogens is 594 g/mol. The summed E-state index contributed by atoms with van der Waals surface area (Å²) in [6.45, 7) is 17.2. The summed E-state index contributed by atoms with van der Waals surface area (Å²) in [5, 5.41) is 16.6. The highest BCUT2D eigenvalue weighted by molar-refractivity contribution is 7.80. The number of carbonyl (C=O) groups is 4. The molecule has 3 amide bonds. The van der Waals surface area contributed by atoms with Crippen molar-refractivity contribution in [2.45, 2.75) is 111 Å². The molecule has 0 saturated heterocycles. The van der Waals surface area contributed by atoms with Crippen LogP contribution in [0.25, 0.3) is 0 Å². The Kier molecular flexibility index (Phi) is 12.5. The Morgan fingerprint density at radius 1 is 0.822 bits per heavy atom. The van der Waals surface area contributed by atoms with Crippen LogP contribution < -0.4 is 10.6 Å². The minimum atomic E-state index is -1.42. The first kappa shape index (κ1) is 37.5. The minimum Gasteiger partial charge on any atom is -0.507 e. The molecule has 0 spiro atoms. The summed E-state index contributed by atoms with van der Waals surface area (Å²) in [6, 6.07) is 10.3. The van der Waals surface area contributed by atoms with Crippen molar-refractivity contribution in [3.8, 4) is 5.75 Å². The van der Waals surface area contributed by atoms with Gasteiger partial charge in [0.15, 0.2) is 0 Å². The zero-order chi connectivity index (χ0) is 34.3. The lowest BCUT2D eigenvalue weighted by molar-refractivity contribution is -0.159. The molecule has 10 nitrogen and oxygen atoms in total. The van der Waals surface area contributed by atoms with Gasteiger partial charge in [-0.3, -0.25) is 9.59 Å². The minimum absolute atomic E-state index is 0.104. The largest absolute Gasteiger partial charge is 0.507 e. The van der Waals surface area contributed by atoms with Crippen molar-refractivity contribution in [2.24, 2.45) is 0 Å². The number of nitrogens with one attached hydrogen (secondary N) is 2. The summed E-state index contributed by atoms with van der Waals surface area (Å²) in [7, 11) is 0. The molecule has 0 aliphatic rings. The maximum Gasteiger partial charge on any atom is 0.408 e. The number of thiol groups is 1. The van der Waals surface area contributed by atoms with E-state index in [0.717, 1.165) is 5.56 Å². The zero-order valence-electron chi connectivity index (χ0n) is 28.1. The van der Waals surface area contributed by atoms with E-state index in [0.29, 0.717) is 5.56 Å². The Hall–Kier alpha value is -3.73. The molecule has 2 aromatic rings. The first-order valence-electron chi connectivity index (χ1n) is 14.9. The van der Waals surface area contributed by atoms with Crippen LogP contribution in [0.3, 0.4) is 0 Å². The van der Waals surface area contributed by atoms with Crippen LogP contribution in [0.4, 0.5) is 4.79 Å². The summed E-state index contributed by atoms with van der Waals surface area (Å²) in [4.78, 5) is 56.1. The van der Waals surface area contributed by atoms with Crippen molar-refractivity contribution >= 4 is 36.5 Å². The maximum absolute atomic E-state index is 14.4. The standard InChI is InChI=1S/C34H49N3O7S/c1-21-15-14-18-23(27(21)38)26(37(32(2,3)4)29(40)25(20-45)36-31(42)44-34(8,9)10)28(39)35-24(30(41)43-33(5,6)7)19-22-16-12-11-13-17-22/h11-18,24-26,38,45H,19-20H2,1-10H3,(H,35,39)(H,36,42). The van der Waals surface area contributed by atoms with Crippen molar-refractivity contribution in [3.63, 3.8) is 0 Å². The molecule has 0 aromatic heterocycles. The van der Waals surface area contributed by atoms with E-state index >= 15 is 0 Å². The normalized spacial score (nSPS) is 14.0. The van der Waals surface area contributed by atoms with Crippen LogP contribution in [0.2, 0.25) is 0 Å². The topological polar surface area (TPSA) is 134 Å². The van der Waals surface area contributed by atoms with Crippen LogP contribution in [0.1, 0.15) is 85.0 Å². The molecule has 0 aliphatic heterocycles. The van der Waals surface area contributed by atoms with Crippen molar-refractivity contribution in [1.29, 1.82) is 0 Å². The number of hydrogen-bond acceptors (Lipinski definition) is 8. The van der Waals surface area contributed by atoms with Gasteiger partial charge in [0.05, 0.1) is 0 Å². The first-order valence-corrected chi connectivity index (χ1v) is 15.6. The number of phenols is 1. The van der Waals surface area contributed by atoms with Crippen molar-refractivity contribution < 1.29 is 33.8 Å². The quantitative estimate of drug-likeness (QED) is 0.205. The predicted molar refractivity (Wildman–Crippen MR) is 177 cm³/mol. The second kappa shape index (κ2) is 15.0. The second-order valence-electron chi connectivity index (χ2n) is 14.0. The summed E-state index contributed by atoms with van der Waals surface area (Å²) in [5.74, 6) is -2.30.